The lowest BCUT2D eigenvalue weighted by molar-refractivity contribution is 0.390. The molecule has 0 heterocycles. The van der Waals surface area contributed by atoms with Crippen molar-refractivity contribution in [2.45, 2.75) is 17.9 Å². The molecule has 0 saturated heterocycles. The third kappa shape index (κ3) is 5.47. The highest BCUT2D eigenvalue weighted by Gasteiger charge is 2.18. The molecule has 0 aliphatic carbocycles. The van der Waals surface area contributed by atoms with Crippen molar-refractivity contribution in [2.24, 2.45) is 0 Å². The summed E-state index contributed by atoms with van der Waals surface area (Å²) in [6, 6.07) is 22.3. The van der Waals surface area contributed by atoms with Crippen LogP contribution in [0.15, 0.2) is 77.7 Å². The maximum Gasteiger partial charge on any atom is 0.128 e. The molecule has 0 fully saturated rings. The normalized spacial score (nSPS) is 12.4. The maximum atomic E-state index is 12.9. The van der Waals surface area contributed by atoms with E-state index in [1.54, 1.807) is 20.3 Å². The molecule has 0 radical (unpaired) electrons. The van der Waals surface area contributed by atoms with Crippen LogP contribution in [0.4, 0.5) is 0 Å². The monoisotopic (exact) mass is 405 g/mol. The molecule has 0 spiro atoms. The van der Waals surface area contributed by atoms with Gasteiger partial charge in [0, 0.05) is 17.2 Å². The molecular formula is C24H23NO3S. The zero-order chi connectivity index (χ0) is 20.6. The van der Waals surface area contributed by atoms with Crippen molar-refractivity contribution in [3.63, 3.8) is 0 Å². The number of hydrogen-bond donors (Lipinski definition) is 1. The Kier molecular flexibility index (Phi) is 7.07. The van der Waals surface area contributed by atoms with Crippen molar-refractivity contribution in [3.8, 4) is 23.3 Å². The van der Waals surface area contributed by atoms with E-state index >= 15 is 0 Å². The van der Waals surface area contributed by atoms with Crippen LogP contribution in [0.1, 0.15) is 22.7 Å². The number of methoxy groups -OCH3 is 2. The van der Waals surface area contributed by atoms with Crippen molar-refractivity contribution in [1.82, 2.24) is 4.72 Å². The summed E-state index contributed by atoms with van der Waals surface area (Å²) in [7, 11) is 1.76. The van der Waals surface area contributed by atoms with Gasteiger partial charge in [-0.25, -0.2) is 8.93 Å². The topological polar surface area (TPSA) is 47.6 Å². The minimum Gasteiger partial charge on any atom is -0.497 e. The molecule has 0 aliphatic rings. The van der Waals surface area contributed by atoms with Gasteiger partial charge in [0.1, 0.15) is 28.5 Å². The first-order valence-corrected chi connectivity index (χ1v) is 10.3. The molecule has 0 saturated carbocycles. The summed E-state index contributed by atoms with van der Waals surface area (Å²) in [5, 5.41) is 0. The predicted molar refractivity (Wildman–Crippen MR) is 116 cm³/mol. The van der Waals surface area contributed by atoms with Crippen LogP contribution in [0.25, 0.3) is 0 Å². The second-order valence-corrected chi connectivity index (χ2v) is 7.62. The fraction of sp³-hybridized carbons (Fsp3) is 0.167. The summed E-state index contributed by atoms with van der Waals surface area (Å²) in [6.45, 7) is 2.00. The Hall–Kier alpha value is -3.07. The minimum absolute atomic E-state index is 0.502. The third-order valence-electron chi connectivity index (χ3n) is 4.35. The molecule has 3 aromatic carbocycles. The van der Waals surface area contributed by atoms with Gasteiger partial charge < -0.3 is 9.47 Å². The standard InChI is InChI=1S/C24H23NO3S/c1-18-9-13-21(14-10-18)29(26)25-23(16-11-19-7-5-4-6-8-19)22-15-12-20(27-2)17-24(22)28-3/h4-10,12-15,17,23,25H,1-3H3/t23-,29?/m1/s1. The lowest BCUT2D eigenvalue weighted by Crippen LogP contribution is -2.23. The van der Waals surface area contributed by atoms with Gasteiger partial charge in [0.25, 0.3) is 0 Å². The van der Waals surface area contributed by atoms with Gasteiger partial charge in [-0.2, -0.15) is 0 Å². The Bertz CT molecular complexity index is 1040. The van der Waals surface area contributed by atoms with Crippen LogP contribution in [0.2, 0.25) is 0 Å². The van der Waals surface area contributed by atoms with Gasteiger partial charge in [-0.15, -0.1) is 0 Å². The fourth-order valence-electron chi connectivity index (χ4n) is 2.74. The van der Waals surface area contributed by atoms with E-state index in [2.05, 4.69) is 16.6 Å². The van der Waals surface area contributed by atoms with Crippen LogP contribution >= 0.6 is 0 Å². The number of aryl methyl sites for hydroxylation is 1. The van der Waals surface area contributed by atoms with Crippen molar-refractivity contribution in [3.05, 3.63) is 89.5 Å². The van der Waals surface area contributed by atoms with Gasteiger partial charge in [0.05, 0.1) is 19.1 Å². The van der Waals surface area contributed by atoms with Gasteiger partial charge in [-0.05, 0) is 43.3 Å². The molecule has 29 heavy (non-hydrogen) atoms. The van der Waals surface area contributed by atoms with Crippen LogP contribution in [-0.4, -0.2) is 18.4 Å². The molecule has 3 aromatic rings. The first-order chi connectivity index (χ1) is 14.1. The quantitative estimate of drug-likeness (QED) is 0.618. The van der Waals surface area contributed by atoms with E-state index in [4.69, 9.17) is 9.47 Å². The smallest absolute Gasteiger partial charge is 0.128 e. The molecule has 5 heteroatoms. The molecule has 4 nitrogen and oxygen atoms in total. The van der Waals surface area contributed by atoms with Crippen molar-refractivity contribution < 1.29 is 13.7 Å². The molecule has 0 amide bonds. The molecule has 0 bridgehead atoms. The highest BCUT2D eigenvalue weighted by Crippen LogP contribution is 2.30. The van der Waals surface area contributed by atoms with Crippen LogP contribution in [-0.2, 0) is 11.0 Å². The molecule has 0 aromatic heterocycles. The first kappa shape index (κ1) is 20.7. The summed E-state index contributed by atoms with van der Waals surface area (Å²) in [5.74, 6) is 7.65. The third-order valence-corrected chi connectivity index (χ3v) is 5.50. The Morgan fingerprint density at radius 2 is 1.66 bits per heavy atom. The zero-order valence-electron chi connectivity index (χ0n) is 16.6. The van der Waals surface area contributed by atoms with E-state index in [1.165, 1.54) is 0 Å². The average Bonchev–Trinajstić information content (AvgIpc) is 2.77. The first-order valence-electron chi connectivity index (χ1n) is 9.14. The Morgan fingerprint density at radius 3 is 2.31 bits per heavy atom. The van der Waals surface area contributed by atoms with Crippen LogP contribution in [0.3, 0.4) is 0 Å². The lowest BCUT2D eigenvalue weighted by Gasteiger charge is -2.17. The van der Waals surface area contributed by atoms with Crippen LogP contribution < -0.4 is 14.2 Å². The van der Waals surface area contributed by atoms with Gasteiger partial charge in [0.2, 0.25) is 0 Å². The Labute approximate surface area is 174 Å². The summed E-state index contributed by atoms with van der Waals surface area (Å²) >= 11 is 0. The molecule has 3 rings (SSSR count). The molecule has 0 aliphatic heterocycles. The maximum absolute atomic E-state index is 12.9. The van der Waals surface area contributed by atoms with E-state index in [1.807, 2.05) is 73.7 Å². The van der Waals surface area contributed by atoms with E-state index < -0.39 is 17.0 Å². The summed E-state index contributed by atoms with van der Waals surface area (Å²) in [5.41, 5.74) is 2.79. The highest BCUT2D eigenvalue weighted by molar-refractivity contribution is 7.83. The molecule has 1 unspecified atom stereocenters. The molecule has 1 N–H and O–H groups in total. The average molecular weight is 406 g/mol. The largest absolute Gasteiger partial charge is 0.497 e. The molecule has 148 valence electrons. The fourth-order valence-corrected chi connectivity index (χ4v) is 3.66. The summed E-state index contributed by atoms with van der Waals surface area (Å²) < 4.78 is 26.9. The zero-order valence-corrected chi connectivity index (χ0v) is 17.5. The number of ether oxygens (including phenoxy) is 2. The second kappa shape index (κ2) is 9.92. The molecular weight excluding hydrogens is 382 g/mol. The number of benzene rings is 3. The number of hydrogen-bond acceptors (Lipinski definition) is 3. The summed E-state index contributed by atoms with van der Waals surface area (Å²) in [6.07, 6.45) is 0. The van der Waals surface area contributed by atoms with E-state index in [0.717, 1.165) is 16.7 Å². The lowest BCUT2D eigenvalue weighted by atomic mass is 10.1. The minimum atomic E-state index is -1.44. The van der Waals surface area contributed by atoms with Crippen molar-refractivity contribution >= 4 is 11.0 Å². The number of nitrogens with one attached hydrogen (secondary N) is 1. The molecule has 2 atom stereocenters. The van der Waals surface area contributed by atoms with E-state index in [-0.39, 0.29) is 0 Å². The van der Waals surface area contributed by atoms with Gasteiger partial charge >= 0.3 is 0 Å². The summed E-state index contributed by atoms with van der Waals surface area (Å²) in [4.78, 5) is 0.689. The second-order valence-electron chi connectivity index (χ2n) is 6.38. The van der Waals surface area contributed by atoms with Gasteiger partial charge in [-0.1, -0.05) is 47.7 Å². The SMILES string of the molecule is COc1ccc([C@@H](C#Cc2ccccc2)NS(=O)c2ccc(C)cc2)c(OC)c1. The van der Waals surface area contributed by atoms with Crippen LogP contribution in [0, 0.1) is 18.8 Å². The van der Waals surface area contributed by atoms with E-state index in [9.17, 15) is 4.21 Å². The van der Waals surface area contributed by atoms with Crippen molar-refractivity contribution in [2.75, 3.05) is 14.2 Å². The van der Waals surface area contributed by atoms with Crippen LogP contribution in [0.5, 0.6) is 11.5 Å². The highest BCUT2D eigenvalue weighted by atomic mass is 32.2. The van der Waals surface area contributed by atoms with Gasteiger partial charge in [0.15, 0.2) is 0 Å². The van der Waals surface area contributed by atoms with Crippen molar-refractivity contribution in [1.29, 1.82) is 0 Å². The van der Waals surface area contributed by atoms with E-state index in [0.29, 0.717) is 16.4 Å². The number of rotatable bonds is 6. The Morgan fingerprint density at radius 1 is 0.931 bits per heavy atom. The predicted octanol–water partition coefficient (Wildman–Crippen LogP) is 4.42. The Balaban J connectivity index is 1.97. The van der Waals surface area contributed by atoms with Gasteiger partial charge in [-0.3, -0.25) is 0 Å².